The largest absolute Gasteiger partial charge is 0.313 e. The zero-order valence-corrected chi connectivity index (χ0v) is 17.0. The quantitative estimate of drug-likeness (QED) is 0.393. The van der Waals surface area contributed by atoms with Crippen LogP contribution in [0.15, 0.2) is 60.9 Å². The predicted molar refractivity (Wildman–Crippen MR) is 114 cm³/mol. The molecule has 4 aromatic rings. The average Bonchev–Trinajstić information content (AvgIpc) is 3.20. The lowest BCUT2D eigenvalue weighted by molar-refractivity contribution is 0.102. The standard InChI is InChI=1S/C23H24N2O.ClH/c1-15(2)19-13-17-9-5-7-11-24(17)21(19)23(26)22-20(16(3)4)14-18-10-6-8-12-25(18)22;/h5-16H,1-4H3;1H. The fourth-order valence-electron chi connectivity index (χ4n) is 3.76. The van der Waals surface area contributed by atoms with Gasteiger partial charge >= 0.3 is 0 Å². The second-order valence-corrected chi connectivity index (χ2v) is 7.53. The molecule has 0 aromatic carbocycles. The van der Waals surface area contributed by atoms with Crippen molar-refractivity contribution >= 4 is 29.2 Å². The molecule has 140 valence electrons. The number of rotatable bonds is 4. The van der Waals surface area contributed by atoms with E-state index in [-0.39, 0.29) is 30.0 Å². The van der Waals surface area contributed by atoms with Gasteiger partial charge in [0.05, 0.1) is 11.4 Å². The Bertz CT molecular complexity index is 1030. The van der Waals surface area contributed by atoms with E-state index in [2.05, 4.69) is 52.0 Å². The summed E-state index contributed by atoms with van der Waals surface area (Å²) in [6, 6.07) is 16.4. The molecule has 0 atom stereocenters. The van der Waals surface area contributed by atoms with E-state index in [9.17, 15) is 4.79 Å². The van der Waals surface area contributed by atoms with Gasteiger partial charge in [-0.2, -0.15) is 0 Å². The van der Waals surface area contributed by atoms with Crippen molar-refractivity contribution in [1.82, 2.24) is 8.80 Å². The molecule has 0 unspecified atom stereocenters. The molecule has 0 bridgehead atoms. The molecule has 0 radical (unpaired) electrons. The van der Waals surface area contributed by atoms with Crippen LogP contribution in [0, 0.1) is 0 Å². The van der Waals surface area contributed by atoms with Crippen molar-refractivity contribution in [3.8, 4) is 0 Å². The van der Waals surface area contributed by atoms with Crippen molar-refractivity contribution in [3.63, 3.8) is 0 Å². The number of carbonyl (C=O) groups excluding carboxylic acids is 1. The predicted octanol–water partition coefficient (Wildman–Crippen LogP) is 6.09. The molecule has 0 saturated carbocycles. The lowest BCUT2D eigenvalue weighted by Crippen LogP contribution is -2.13. The minimum atomic E-state index is 0. The van der Waals surface area contributed by atoms with Gasteiger partial charge in [-0.1, -0.05) is 39.8 Å². The van der Waals surface area contributed by atoms with Gasteiger partial charge in [-0.3, -0.25) is 4.79 Å². The second kappa shape index (κ2) is 7.24. The Morgan fingerprint density at radius 2 is 1.15 bits per heavy atom. The zero-order valence-electron chi connectivity index (χ0n) is 16.1. The first-order valence-electron chi connectivity index (χ1n) is 9.23. The highest BCUT2D eigenvalue weighted by Crippen LogP contribution is 2.31. The third kappa shape index (κ3) is 3.06. The van der Waals surface area contributed by atoms with Crippen LogP contribution >= 0.6 is 12.4 Å². The van der Waals surface area contributed by atoms with E-state index in [0.717, 1.165) is 33.5 Å². The van der Waals surface area contributed by atoms with Crippen LogP contribution in [-0.4, -0.2) is 14.6 Å². The van der Waals surface area contributed by atoms with Crippen LogP contribution in [0.1, 0.15) is 66.8 Å². The van der Waals surface area contributed by atoms with Crippen LogP contribution in [0.3, 0.4) is 0 Å². The van der Waals surface area contributed by atoms with E-state index in [1.165, 1.54) is 0 Å². The molecule has 0 spiro atoms. The molecule has 0 amide bonds. The van der Waals surface area contributed by atoms with Crippen LogP contribution in [0.2, 0.25) is 0 Å². The Hall–Kier alpha value is -2.52. The minimum Gasteiger partial charge on any atom is -0.313 e. The van der Waals surface area contributed by atoms with Gasteiger partial charge in [0.2, 0.25) is 5.78 Å². The van der Waals surface area contributed by atoms with E-state index >= 15 is 0 Å². The lowest BCUT2D eigenvalue weighted by atomic mass is 9.96. The van der Waals surface area contributed by atoms with Crippen molar-refractivity contribution in [2.24, 2.45) is 0 Å². The van der Waals surface area contributed by atoms with Gasteiger partial charge in [-0.05, 0) is 59.4 Å². The summed E-state index contributed by atoms with van der Waals surface area (Å²) in [5.41, 5.74) is 5.88. The zero-order chi connectivity index (χ0) is 18.4. The molecule has 0 aliphatic carbocycles. The number of fused-ring (bicyclic) bond motifs is 2. The summed E-state index contributed by atoms with van der Waals surface area (Å²) in [6.07, 6.45) is 3.97. The molecular formula is C23H25ClN2O. The van der Waals surface area contributed by atoms with Crippen LogP contribution in [0.5, 0.6) is 0 Å². The second-order valence-electron chi connectivity index (χ2n) is 7.53. The first-order chi connectivity index (χ1) is 12.5. The van der Waals surface area contributed by atoms with E-state index in [4.69, 9.17) is 0 Å². The highest BCUT2D eigenvalue weighted by molar-refractivity contribution is 6.10. The Morgan fingerprint density at radius 3 is 1.52 bits per heavy atom. The van der Waals surface area contributed by atoms with Crippen molar-refractivity contribution in [1.29, 1.82) is 0 Å². The van der Waals surface area contributed by atoms with Gasteiger partial charge in [-0.15, -0.1) is 12.4 Å². The number of hydrogen-bond donors (Lipinski definition) is 0. The number of halogens is 1. The summed E-state index contributed by atoms with van der Waals surface area (Å²) in [5, 5.41) is 0. The number of aromatic nitrogens is 2. The maximum Gasteiger partial charge on any atom is 0.227 e. The topological polar surface area (TPSA) is 25.9 Å². The van der Waals surface area contributed by atoms with Gasteiger partial charge in [0.1, 0.15) is 0 Å². The highest BCUT2D eigenvalue weighted by atomic mass is 35.5. The van der Waals surface area contributed by atoms with Crippen LogP contribution in [0.4, 0.5) is 0 Å². The van der Waals surface area contributed by atoms with Gasteiger partial charge in [0.15, 0.2) is 0 Å². The van der Waals surface area contributed by atoms with Crippen molar-refractivity contribution < 1.29 is 4.79 Å². The van der Waals surface area contributed by atoms with E-state index in [1.807, 2.05) is 45.5 Å². The normalized spacial score (nSPS) is 11.5. The Balaban J connectivity index is 0.00000210. The average molecular weight is 381 g/mol. The third-order valence-corrected chi connectivity index (χ3v) is 5.09. The fourth-order valence-corrected chi connectivity index (χ4v) is 3.76. The molecule has 3 nitrogen and oxygen atoms in total. The number of hydrogen-bond acceptors (Lipinski definition) is 1. The summed E-state index contributed by atoms with van der Waals surface area (Å²) in [7, 11) is 0. The van der Waals surface area contributed by atoms with Gasteiger partial charge in [-0.25, -0.2) is 0 Å². The molecule has 27 heavy (non-hydrogen) atoms. The smallest absolute Gasteiger partial charge is 0.227 e. The molecule has 4 heterocycles. The van der Waals surface area contributed by atoms with Gasteiger partial charge < -0.3 is 8.80 Å². The molecule has 0 aliphatic rings. The summed E-state index contributed by atoms with van der Waals surface area (Å²) in [6.45, 7) is 8.58. The lowest BCUT2D eigenvalue weighted by Gasteiger charge is -2.12. The molecule has 0 aliphatic heterocycles. The Labute approximate surface area is 166 Å². The van der Waals surface area contributed by atoms with Gasteiger partial charge in [0.25, 0.3) is 0 Å². The number of pyridine rings is 2. The van der Waals surface area contributed by atoms with Gasteiger partial charge in [0, 0.05) is 23.4 Å². The highest BCUT2D eigenvalue weighted by Gasteiger charge is 2.26. The molecule has 0 fully saturated rings. The monoisotopic (exact) mass is 380 g/mol. The van der Waals surface area contributed by atoms with Crippen molar-refractivity contribution in [2.75, 3.05) is 0 Å². The van der Waals surface area contributed by atoms with E-state index in [1.54, 1.807) is 0 Å². The van der Waals surface area contributed by atoms with Crippen molar-refractivity contribution in [2.45, 2.75) is 39.5 Å². The molecule has 0 N–H and O–H groups in total. The first kappa shape index (κ1) is 19.2. The van der Waals surface area contributed by atoms with Crippen LogP contribution in [0.25, 0.3) is 11.0 Å². The first-order valence-corrected chi connectivity index (χ1v) is 9.23. The number of carbonyl (C=O) groups is 1. The Kier molecular flexibility index (Phi) is 5.16. The summed E-state index contributed by atoms with van der Waals surface area (Å²) >= 11 is 0. The van der Waals surface area contributed by atoms with E-state index < -0.39 is 0 Å². The summed E-state index contributed by atoms with van der Waals surface area (Å²) in [5.74, 6) is 0.653. The summed E-state index contributed by atoms with van der Waals surface area (Å²) < 4.78 is 4.06. The number of ketones is 1. The fraction of sp³-hybridized carbons (Fsp3) is 0.261. The SMILES string of the molecule is CC(C)c1cc2ccccn2c1C(=O)c1c(C(C)C)cc2ccccn12.Cl. The molecule has 4 heteroatoms. The number of nitrogens with zero attached hydrogens (tertiary/aromatic N) is 2. The molecule has 4 aromatic heterocycles. The Morgan fingerprint density at radius 1 is 0.741 bits per heavy atom. The van der Waals surface area contributed by atoms with Crippen LogP contribution < -0.4 is 0 Å². The minimum absolute atomic E-state index is 0. The maximum atomic E-state index is 13.8. The molecule has 0 saturated heterocycles. The third-order valence-electron chi connectivity index (χ3n) is 5.09. The van der Waals surface area contributed by atoms with E-state index in [0.29, 0.717) is 0 Å². The van der Waals surface area contributed by atoms with Crippen molar-refractivity contribution in [3.05, 3.63) is 83.4 Å². The summed E-state index contributed by atoms with van der Waals surface area (Å²) in [4.78, 5) is 13.8. The molecule has 4 rings (SSSR count). The molecular weight excluding hydrogens is 356 g/mol. The maximum absolute atomic E-state index is 13.8. The van der Waals surface area contributed by atoms with Crippen LogP contribution in [-0.2, 0) is 0 Å².